The van der Waals surface area contributed by atoms with Crippen LogP contribution in [0.2, 0.25) is 0 Å². The van der Waals surface area contributed by atoms with Crippen molar-refractivity contribution in [2.24, 2.45) is 5.92 Å². The first kappa shape index (κ1) is 29.4. The second kappa shape index (κ2) is 12.3. The summed E-state index contributed by atoms with van der Waals surface area (Å²) in [5.41, 5.74) is 5.03. The Kier molecular flexibility index (Phi) is 9.27. The molecule has 1 fully saturated rings. The first-order chi connectivity index (χ1) is 18.5. The maximum atomic E-state index is 12.3. The molecule has 0 bridgehead atoms. The number of aliphatic carboxylic acids is 1. The number of nitrogens with zero attached hydrogens (tertiary/aromatic N) is 2. The number of fused-ring (bicyclic) bond motifs is 1. The Morgan fingerprint density at radius 3 is 2.72 bits per heavy atom. The Morgan fingerprint density at radius 1 is 1.31 bits per heavy atom. The van der Waals surface area contributed by atoms with E-state index in [1.807, 2.05) is 20.9 Å². The molecule has 5 atom stereocenters. The molecule has 2 aliphatic heterocycles. The Hall–Kier alpha value is -2.58. The van der Waals surface area contributed by atoms with E-state index >= 15 is 0 Å². The fourth-order valence-corrected chi connectivity index (χ4v) is 7.34. The number of carboxylic acids is 1. The van der Waals surface area contributed by atoms with Crippen LogP contribution in [0.15, 0.2) is 34.4 Å². The van der Waals surface area contributed by atoms with Gasteiger partial charge in [0.05, 0.1) is 23.8 Å². The van der Waals surface area contributed by atoms with Crippen molar-refractivity contribution < 1.29 is 28.7 Å². The molecule has 212 valence electrons. The highest BCUT2D eigenvalue weighted by molar-refractivity contribution is 8.04. The number of thioether (sulfide) groups is 1. The van der Waals surface area contributed by atoms with E-state index in [-0.39, 0.29) is 41.5 Å². The van der Waals surface area contributed by atoms with E-state index in [4.69, 9.17) is 9.47 Å². The van der Waals surface area contributed by atoms with Gasteiger partial charge < -0.3 is 14.6 Å². The van der Waals surface area contributed by atoms with Gasteiger partial charge in [0.25, 0.3) is 0 Å². The van der Waals surface area contributed by atoms with Crippen LogP contribution in [0.5, 0.6) is 5.75 Å². The van der Waals surface area contributed by atoms with Crippen LogP contribution in [-0.2, 0) is 20.7 Å². The van der Waals surface area contributed by atoms with Crippen molar-refractivity contribution in [2.45, 2.75) is 96.8 Å². The van der Waals surface area contributed by atoms with E-state index in [0.717, 1.165) is 37.0 Å². The van der Waals surface area contributed by atoms with Crippen LogP contribution in [-0.4, -0.2) is 64.5 Å². The summed E-state index contributed by atoms with van der Waals surface area (Å²) in [7, 11) is 2.04. The smallest absolute Gasteiger partial charge is 0.353 e. The largest absolute Gasteiger partial charge is 0.477 e. The number of aryl methyl sites for hydroxylation is 2. The summed E-state index contributed by atoms with van der Waals surface area (Å²) in [6.07, 6.45) is 8.32. The summed E-state index contributed by atoms with van der Waals surface area (Å²) in [6.45, 7) is 14.6. The molecule has 1 amide bonds. The lowest BCUT2D eigenvalue weighted by molar-refractivity contribution is -0.534. The van der Waals surface area contributed by atoms with Gasteiger partial charge in [-0.1, -0.05) is 56.2 Å². The summed E-state index contributed by atoms with van der Waals surface area (Å²) in [5.74, 6) is -0.475. The lowest BCUT2D eigenvalue weighted by Gasteiger charge is -2.40. The fraction of sp³-hybridized carbons (Fsp3) is 0.581. The zero-order valence-corrected chi connectivity index (χ0v) is 25.0. The highest BCUT2D eigenvalue weighted by atomic mass is 32.2. The van der Waals surface area contributed by atoms with E-state index in [1.54, 1.807) is 0 Å². The van der Waals surface area contributed by atoms with Crippen molar-refractivity contribution in [1.82, 2.24) is 4.90 Å². The normalized spacial score (nSPS) is 25.2. The van der Waals surface area contributed by atoms with Crippen molar-refractivity contribution >= 4 is 30.4 Å². The second-order valence-corrected chi connectivity index (χ2v) is 12.5. The molecule has 1 aliphatic carbocycles. The topological polar surface area (TPSA) is 79.1 Å². The monoisotopic (exact) mass is 555 g/mol. The molecule has 4 rings (SSSR count). The average Bonchev–Trinajstić information content (AvgIpc) is 3.23. The van der Waals surface area contributed by atoms with Gasteiger partial charge in [-0.05, 0) is 57.2 Å². The number of carboxylic acid groups (broad SMARTS) is 1. The number of likely N-dealkylation sites (N-methyl/N-ethyl adjacent to an activating group) is 1. The first-order valence-electron chi connectivity index (χ1n) is 14.1. The van der Waals surface area contributed by atoms with Crippen LogP contribution in [0.3, 0.4) is 0 Å². The summed E-state index contributed by atoms with van der Waals surface area (Å²) >= 11 is 1.41. The van der Waals surface area contributed by atoms with Crippen LogP contribution in [0, 0.1) is 12.8 Å². The molecular formula is C31H43N2O5S+. The number of carbonyl (C=O) groups is 2. The third-order valence-electron chi connectivity index (χ3n) is 8.11. The van der Waals surface area contributed by atoms with Crippen molar-refractivity contribution in [3.05, 3.63) is 51.1 Å². The maximum Gasteiger partial charge on any atom is 0.353 e. The Bertz CT molecular complexity index is 1210. The van der Waals surface area contributed by atoms with Gasteiger partial charge in [0.1, 0.15) is 25.2 Å². The SMILES string of the molecule is C=[N+](C)[C@@H]1CCC(C)=C[C@H]1c1c(C)cc(CCCCC)cc1OC(C)OCC1=C(C(=O)O)N2C(=O)C(C)C2S1. The summed E-state index contributed by atoms with van der Waals surface area (Å²) < 4.78 is 14.7. The number of hydrogen-bond donors (Lipinski definition) is 1. The van der Waals surface area contributed by atoms with Gasteiger partial charge in [-0.25, -0.2) is 9.37 Å². The van der Waals surface area contributed by atoms with Crippen molar-refractivity contribution in [2.75, 3.05) is 13.7 Å². The third kappa shape index (κ3) is 6.12. The molecule has 0 radical (unpaired) electrons. The molecule has 3 unspecified atom stereocenters. The summed E-state index contributed by atoms with van der Waals surface area (Å²) in [5, 5.41) is 9.60. The van der Waals surface area contributed by atoms with Gasteiger partial charge in [-0.15, -0.1) is 0 Å². The van der Waals surface area contributed by atoms with Crippen LogP contribution in [0.4, 0.5) is 0 Å². The molecule has 1 aromatic rings. The van der Waals surface area contributed by atoms with Crippen LogP contribution < -0.4 is 4.74 Å². The number of amides is 1. The minimum Gasteiger partial charge on any atom is -0.477 e. The second-order valence-electron chi connectivity index (χ2n) is 11.3. The van der Waals surface area contributed by atoms with Gasteiger partial charge in [0.15, 0.2) is 12.3 Å². The minimum absolute atomic E-state index is 0.0406. The zero-order chi connectivity index (χ0) is 28.4. The molecule has 2 heterocycles. The zero-order valence-electron chi connectivity index (χ0n) is 24.2. The minimum atomic E-state index is -1.10. The van der Waals surface area contributed by atoms with Gasteiger partial charge >= 0.3 is 5.97 Å². The highest BCUT2D eigenvalue weighted by Gasteiger charge is 2.53. The number of unbranched alkanes of at least 4 members (excludes halogenated alkanes) is 2. The van der Waals surface area contributed by atoms with Crippen LogP contribution >= 0.6 is 11.8 Å². The van der Waals surface area contributed by atoms with E-state index in [9.17, 15) is 14.7 Å². The number of ether oxygens (including phenoxy) is 2. The fourth-order valence-electron chi connectivity index (χ4n) is 5.98. The van der Waals surface area contributed by atoms with Gasteiger partial charge in [0, 0.05) is 16.9 Å². The number of hydrogen-bond acceptors (Lipinski definition) is 5. The van der Waals surface area contributed by atoms with Crippen LogP contribution in [0.1, 0.15) is 82.4 Å². The molecule has 3 aliphatic rings. The molecule has 0 aromatic heterocycles. The lowest BCUT2D eigenvalue weighted by atomic mass is 9.79. The lowest BCUT2D eigenvalue weighted by Crippen LogP contribution is -2.55. The quantitative estimate of drug-likeness (QED) is 0.0870. The van der Waals surface area contributed by atoms with E-state index in [2.05, 4.69) is 50.3 Å². The summed E-state index contributed by atoms with van der Waals surface area (Å²) in [4.78, 5) is 26.2. The molecule has 1 saturated heterocycles. The van der Waals surface area contributed by atoms with Gasteiger partial charge in [-0.2, -0.15) is 0 Å². The number of carbonyl (C=O) groups excluding carboxylic acids is 1. The molecule has 39 heavy (non-hydrogen) atoms. The van der Waals surface area contributed by atoms with Gasteiger partial charge in [-0.3, -0.25) is 9.69 Å². The number of rotatable bonds is 12. The van der Waals surface area contributed by atoms with E-state index < -0.39 is 12.3 Å². The van der Waals surface area contributed by atoms with Gasteiger partial charge in [0.2, 0.25) is 5.91 Å². The van der Waals surface area contributed by atoms with Crippen molar-refractivity contribution in [3.63, 3.8) is 0 Å². The predicted molar refractivity (Wildman–Crippen MR) is 155 cm³/mol. The molecule has 1 aromatic carbocycles. The number of allylic oxidation sites excluding steroid dienone is 1. The van der Waals surface area contributed by atoms with E-state index in [0.29, 0.717) is 4.91 Å². The van der Waals surface area contributed by atoms with Crippen LogP contribution in [0.25, 0.3) is 0 Å². The van der Waals surface area contributed by atoms with Crippen molar-refractivity contribution in [1.29, 1.82) is 0 Å². The molecule has 0 spiro atoms. The summed E-state index contributed by atoms with van der Waals surface area (Å²) in [6, 6.07) is 4.72. The number of β-lactam (4-membered cyclic amide) rings is 1. The maximum absolute atomic E-state index is 12.3. The van der Waals surface area contributed by atoms with Crippen molar-refractivity contribution in [3.8, 4) is 5.75 Å². The highest BCUT2D eigenvalue weighted by Crippen LogP contribution is 2.49. The Balaban J connectivity index is 1.59. The predicted octanol–water partition coefficient (Wildman–Crippen LogP) is 5.85. The van der Waals surface area contributed by atoms with E-state index in [1.165, 1.54) is 46.2 Å². The molecular weight excluding hydrogens is 512 g/mol. The number of benzene rings is 1. The molecule has 0 saturated carbocycles. The first-order valence-corrected chi connectivity index (χ1v) is 15.0. The molecule has 7 nitrogen and oxygen atoms in total. The average molecular weight is 556 g/mol. The Morgan fingerprint density at radius 2 is 2.05 bits per heavy atom. The Labute approximate surface area is 236 Å². The molecule has 8 heteroatoms. The molecule has 1 N–H and O–H groups in total. The standard InChI is InChI=1S/C31H42N2O5S/c1-8-9-10-11-22-15-19(3)27(23-14-18(2)12-13-24(23)32(6)7)25(16-22)38-21(5)37-17-26-28(31(35)36)33-29(34)20(4)30(33)39-26/h14-16,20-21,23-24,30H,6,8-13,17H2,1-5,7H3/p+1/t20?,21?,23-,24-,30?/m1/s1. The third-order valence-corrected chi connectivity index (χ3v) is 9.57.